The van der Waals surface area contributed by atoms with E-state index < -0.39 is 17.7 Å². The summed E-state index contributed by atoms with van der Waals surface area (Å²) in [6.07, 6.45) is -2.71. The molecule has 0 saturated heterocycles. The van der Waals surface area contributed by atoms with Gasteiger partial charge in [-0.3, -0.25) is 4.79 Å². The van der Waals surface area contributed by atoms with Crippen molar-refractivity contribution < 1.29 is 27.8 Å². The highest BCUT2D eigenvalue weighted by molar-refractivity contribution is 5.83. The number of carboxylic acid groups (broad SMARTS) is 1. The maximum absolute atomic E-state index is 12.7. The average molecular weight is 430 g/mol. The molecule has 2 aromatic heterocycles. The van der Waals surface area contributed by atoms with Crippen molar-refractivity contribution in [1.82, 2.24) is 19.6 Å². The molecule has 0 aliphatic carbocycles. The monoisotopic (exact) mass is 430 g/mol. The van der Waals surface area contributed by atoms with E-state index in [1.165, 1.54) is 16.9 Å². The molecule has 0 amide bonds. The maximum Gasteiger partial charge on any atom is 0.416 e. The summed E-state index contributed by atoms with van der Waals surface area (Å²) in [6.45, 7) is 1.67. The van der Waals surface area contributed by atoms with Crippen LogP contribution in [-0.2, 0) is 24.1 Å². The van der Waals surface area contributed by atoms with Gasteiger partial charge in [0, 0.05) is 12.3 Å². The number of carboxylic acids is 1. The molecule has 31 heavy (non-hydrogen) atoms. The summed E-state index contributed by atoms with van der Waals surface area (Å²) in [4.78, 5) is 12.3. The summed E-state index contributed by atoms with van der Waals surface area (Å²) in [5.41, 5.74) is 1.49. The van der Waals surface area contributed by atoms with Crippen LogP contribution in [0.2, 0.25) is 0 Å². The highest BCUT2D eigenvalue weighted by Gasteiger charge is 2.30. The number of ether oxygens (including phenoxy) is 1. The van der Waals surface area contributed by atoms with Crippen LogP contribution >= 0.6 is 0 Å². The third-order valence-corrected chi connectivity index (χ3v) is 4.73. The van der Waals surface area contributed by atoms with Crippen molar-refractivity contribution in [3.63, 3.8) is 0 Å². The predicted molar refractivity (Wildman–Crippen MR) is 105 cm³/mol. The van der Waals surface area contributed by atoms with Gasteiger partial charge in [0.05, 0.1) is 22.5 Å². The zero-order valence-electron chi connectivity index (χ0n) is 16.3. The number of aryl methyl sites for hydroxylation is 1. The van der Waals surface area contributed by atoms with Crippen LogP contribution in [0.15, 0.2) is 54.7 Å². The second kappa shape index (κ2) is 7.78. The minimum Gasteiger partial charge on any atom is -0.487 e. The summed E-state index contributed by atoms with van der Waals surface area (Å²) >= 11 is 0. The summed E-state index contributed by atoms with van der Waals surface area (Å²) in [7, 11) is 0. The molecular formula is C21H17F3N4O3. The van der Waals surface area contributed by atoms with E-state index in [9.17, 15) is 18.0 Å². The van der Waals surface area contributed by atoms with Gasteiger partial charge < -0.3 is 14.4 Å². The topological polar surface area (TPSA) is 82.2 Å². The molecule has 2 aromatic carbocycles. The molecule has 0 spiro atoms. The molecule has 0 bridgehead atoms. The molecule has 10 heteroatoms. The van der Waals surface area contributed by atoms with Gasteiger partial charge in [-0.2, -0.15) is 23.1 Å². The third-order valence-electron chi connectivity index (χ3n) is 4.73. The zero-order valence-corrected chi connectivity index (χ0v) is 16.3. The van der Waals surface area contributed by atoms with Gasteiger partial charge in [-0.25, -0.2) is 0 Å². The van der Waals surface area contributed by atoms with Crippen LogP contribution < -0.4 is 4.74 Å². The van der Waals surface area contributed by atoms with E-state index in [4.69, 9.17) is 9.84 Å². The number of nitrogens with zero attached hydrogens (tertiary/aromatic N) is 4. The molecule has 0 aliphatic rings. The van der Waals surface area contributed by atoms with Gasteiger partial charge in [0.25, 0.3) is 0 Å². The van der Waals surface area contributed by atoms with Gasteiger partial charge in [-0.15, -0.1) is 5.10 Å². The Bertz CT molecular complexity index is 1240. The number of benzene rings is 2. The van der Waals surface area contributed by atoms with E-state index in [0.717, 1.165) is 23.0 Å². The number of carbonyl (C=O) groups is 1. The van der Waals surface area contributed by atoms with E-state index in [0.29, 0.717) is 22.8 Å². The first-order valence-corrected chi connectivity index (χ1v) is 9.24. The predicted octanol–water partition coefficient (Wildman–Crippen LogP) is 4.21. The minimum absolute atomic E-state index is 0.0949. The first-order valence-electron chi connectivity index (χ1n) is 9.24. The summed E-state index contributed by atoms with van der Waals surface area (Å²) in [5.74, 6) is -0.416. The fourth-order valence-corrected chi connectivity index (χ4v) is 3.13. The van der Waals surface area contributed by atoms with Gasteiger partial charge >= 0.3 is 12.1 Å². The Labute approximate surface area is 174 Å². The van der Waals surface area contributed by atoms with Crippen LogP contribution in [0.3, 0.4) is 0 Å². The standard InChI is InChI=1S/C21H17F3N4O3/c1-13-18(26-28(25-13)16-5-3-15(4-6-16)21(22,23)24)12-31-17-7-2-14-8-9-27(11-20(29)30)19(14)10-17/h2-10H,11-12H2,1H3,(H,29,30). The van der Waals surface area contributed by atoms with Crippen molar-refractivity contribution in [3.05, 3.63) is 71.7 Å². The Hall–Kier alpha value is -3.82. The highest BCUT2D eigenvalue weighted by Crippen LogP contribution is 2.29. The zero-order chi connectivity index (χ0) is 22.2. The average Bonchev–Trinajstić information content (AvgIpc) is 3.28. The lowest BCUT2D eigenvalue weighted by atomic mass is 10.2. The summed E-state index contributed by atoms with van der Waals surface area (Å²) in [6, 6.07) is 11.7. The summed E-state index contributed by atoms with van der Waals surface area (Å²) < 4.78 is 45.6. The lowest BCUT2D eigenvalue weighted by Crippen LogP contribution is -2.07. The van der Waals surface area contributed by atoms with Gasteiger partial charge in [-0.1, -0.05) is 0 Å². The molecule has 4 rings (SSSR count). The number of hydrogen-bond donors (Lipinski definition) is 1. The number of alkyl halides is 3. The van der Waals surface area contributed by atoms with Gasteiger partial charge in [0.1, 0.15) is 24.6 Å². The highest BCUT2D eigenvalue weighted by atomic mass is 19.4. The molecule has 4 aromatic rings. The number of hydrogen-bond acceptors (Lipinski definition) is 4. The largest absolute Gasteiger partial charge is 0.487 e. The maximum atomic E-state index is 12.7. The molecule has 0 aliphatic heterocycles. The summed E-state index contributed by atoms with van der Waals surface area (Å²) in [5, 5.41) is 18.5. The molecule has 0 unspecified atom stereocenters. The Kier molecular flexibility index (Phi) is 5.14. The van der Waals surface area contributed by atoms with Crippen molar-refractivity contribution in [2.75, 3.05) is 0 Å². The Morgan fingerprint density at radius 1 is 1.10 bits per heavy atom. The van der Waals surface area contributed by atoms with E-state index in [1.54, 1.807) is 29.8 Å². The number of aliphatic carboxylic acids is 1. The van der Waals surface area contributed by atoms with Crippen LogP contribution in [0.4, 0.5) is 13.2 Å². The first kappa shape index (κ1) is 20.5. The van der Waals surface area contributed by atoms with E-state index >= 15 is 0 Å². The number of rotatable bonds is 6. The van der Waals surface area contributed by atoms with E-state index in [1.807, 2.05) is 12.1 Å². The number of halogens is 3. The van der Waals surface area contributed by atoms with Crippen molar-refractivity contribution in [2.24, 2.45) is 0 Å². The number of fused-ring (bicyclic) bond motifs is 1. The first-order chi connectivity index (χ1) is 14.7. The number of aromatic nitrogens is 4. The molecule has 7 nitrogen and oxygen atoms in total. The molecular weight excluding hydrogens is 413 g/mol. The van der Waals surface area contributed by atoms with Crippen LogP contribution in [-0.4, -0.2) is 30.6 Å². The fraction of sp³-hybridized carbons (Fsp3) is 0.190. The Morgan fingerprint density at radius 2 is 1.84 bits per heavy atom. The quantitative estimate of drug-likeness (QED) is 0.496. The van der Waals surface area contributed by atoms with Crippen LogP contribution in [0.1, 0.15) is 17.0 Å². The van der Waals surface area contributed by atoms with Gasteiger partial charge in [0.15, 0.2) is 0 Å². The fourth-order valence-electron chi connectivity index (χ4n) is 3.13. The van der Waals surface area contributed by atoms with Crippen molar-refractivity contribution >= 4 is 16.9 Å². The van der Waals surface area contributed by atoms with Crippen molar-refractivity contribution in [2.45, 2.75) is 26.3 Å². The lowest BCUT2D eigenvalue weighted by Gasteiger charge is -2.07. The molecule has 0 fully saturated rings. The molecule has 0 atom stereocenters. The lowest BCUT2D eigenvalue weighted by molar-refractivity contribution is -0.138. The molecule has 0 saturated carbocycles. The van der Waals surface area contributed by atoms with Crippen molar-refractivity contribution in [3.8, 4) is 11.4 Å². The second-order valence-corrected chi connectivity index (χ2v) is 6.91. The molecule has 2 heterocycles. The third kappa shape index (κ3) is 4.37. The van der Waals surface area contributed by atoms with E-state index in [2.05, 4.69) is 10.2 Å². The Balaban J connectivity index is 1.51. The van der Waals surface area contributed by atoms with Crippen LogP contribution in [0.25, 0.3) is 16.6 Å². The Morgan fingerprint density at radius 3 is 2.52 bits per heavy atom. The molecule has 160 valence electrons. The van der Waals surface area contributed by atoms with Crippen molar-refractivity contribution in [1.29, 1.82) is 0 Å². The van der Waals surface area contributed by atoms with Gasteiger partial charge in [-0.05, 0) is 54.8 Å². The second-order valence-electron chi connectivity index (χ2n) is 6.91. The van der Waals surface area contributed by atoms with Crippen LogP contribution in [0.5, 0.6) is 5.75 Å². The normalized spacial score (nSPS) is 11.7. The van der Waals surface area contributed by atoms with Gasteiger partial charge in [0.2, 0.25) is 0 Å². The smallest absolute Gasteiger partial charge is 0.416 e. The molecule has 1 N–H and O–H groups in total. The van der Waals surface area contributed by atoms with Crippen LogP contribution in [0, 0.1) is 6.92 Å². The minimum atomic E-state index is -4.41. The SMILES string of the molecule is Cc1nn(-c2ccc(C(F)(F)F)cc2)nc1COc1ccc2ccn(CC(=O)O)c2c1. The molecule has 0 radical (unpaired) electrons. The van der Waals surface area contributed by atoms with E-state index in [-0.39, 0.29) is 13.2 Å².